The quantitative estimate of drug-likeness (QED) is 0.699. The topological polar surface area (TPSA) is 87.3 Å². The van der Waals surface area contributed by atoms with E-state index in [1.54, 1.807) is 25.2 Å². The molecule has 0 saturated heterocycles. The highest BCUT2D eigenvalue weighted by molar-refractivity contribution is 7.89. The van der Waals surface area contributed by atoms with E-state index in [-0.39, 0.29) is 29.8 Å². The third-order valence-corrected chi connectivity index (χ3v) is 4.06. The van der Waals surface area contributed by atoms with Gasteiger partial charge in [0, 0.05) is 26.1 Å². The monoisotopic (exact) mass is 299 g/mol. The van der Waals surface area contributed by atoms with Gasteiger partial charge in [-0.05, 0) is 26.0 Å². The molecule has 0 fully saturated rings. The van der Waals surface area contributed by atoms with Crippen molar-refractivity contribution in [3.63, 3.8) is 0 Å². The lowest BCUT2D eigenvalue weighted by Gasteiger charge is -2.11. The van der Waals surface area contributed by atoms with Gasteiger partial charge in [0.15, 0.2) is 0 Å². The first-order valence-electron chi connectivity index (χ1n) is 6.42. The van der Waals surface area contributed by atoms with Crippen molar-refractivity contribution in [2.24, 2.45) is 0 Å². The highest BCUT2D eigenvalue weighted by Crippen LogP contribution is 2.19. The summed E-state index contributed by atoms with van der Waals surface area (Å²) < 4.78 is 26.7. The van der Waals surface area contributed by atoms with E-state index in [4.69, 9.17) is 0 Å². The fourth-order valence-electron chi connectivity index (χ4n) is 1.68. The first-order chi connectivity index (χ1) is 9.36. The Bertz CT molecular complexity index is 556. The summed E-state index contributed by atoms with van der Waals surface area (Å²) in [5, 5.41) is 5.53. The second-order valence-corrected chi connectivity index (χ2v) is 6.35. The van der Waals surface area contributed by atoms with E-state index in [2.05, 4.69) is 15.4 Å². The van der Waals surface area contributed by atoms with Gasteiger partial charge in [0.25, 0.3) is 0 Å². The van der Waals surface area contributed by atoms with Crippen molar-refractivity contribution < 1.29 is 13.2 Å². The molecule has 0 aliphatic rings. The third-order valence-electron chi connectivity index (χ3n) is 2.54. The molecule has 20 heavy (non-hydrogen) atoms. The molecule has 0 aromatic heterocycles. The van der Waals surface area contributed by atoms with Crippen LogP contribution >= 0.6 is 0 Å². The molecule has 3 N–H and O–H groups in total. The van der Waals surface area contributed by atoms with Crippen LogP contribution in [0, 0.1) is 0 Å². The minimum absolute atomic E-state index is 0.0455. The van der Waals surface area contributed by atoms with Gasteiger partial charge in [-0.1, -0.05) is 12.1 Å². The predicted molar refractivity (Wildman–Crippen MR) is 79.1 cm³/mol. The van der Waals surface area contributed by atoms with Crippen LogP contribution in [0.3, 0.4) is 0 Å². The molecule has 1 aromatic carbocycles. The van der Waals surface area contributed by atoms with Gasteiger partial charge in [-0.2, -0.15) is 0 Å². The van der Waals surface area contributed by atoms with Crippen molar-refractivity contribution in [2.45, 2.75) is 31.2 Å². The molecule has 0 radical (unpaired) electrons. The number of rotatable bonds is 7. The summed E-state index contributed by atoms with van der Waals surface area (Å²) in [5.41, 5.74) is 0.520. The summed E-state index contributed by atoms with van der Waals surface area (Å²) >= 11 is 0. The number of nitrogens with one attached hydrogen (secondary N) is 3. The van der Waals surface area contributed by atoms with E-state index in [1.165, 1.54) is 6.07 Å². The van der Waals surface area contributed by atoms with Gasteiger partial charge >= 0.3 is 0 Å². The SMILES string of the molecule is CNc1ccccc1S(=O)(=O)NCCC(=O)NC(C)C. The molecule has 0 bridgehead atoms. The summed E-state index contributed by atoms with van der Waals surface area (Å²) in [6.07, 6.45) is 0.110. The van der Waals surface area contributed by atoms with Crippen LogP contribution in [0.2, 0.25) is 0 Å². The van der Waals surface area contributed by atoms with Gasteiger partial charge in [-0.3, -0.25) is 4.79 Å². The predicted octanol–water partition coefficient (Wildman–Crippen LogP) is 0.921. The van der Waals surface area contributed by atoms with Crippen LogP contribution in [0.4, 0.5) is 5.69 Å². The van der Waals surface area contributed by atoms with E-state index in [1.807, 2.05) is 13.8 Å². The van der Waals surface area contributed by atoms with Crippen LogP contribution in [0.5, 0.6) is 0 Å². The zero-order valence-electron chi connectivity index (χ0n) is 11.9. The lowest BCUT2D eigenvalue weighted by Crippen LogP contribution is -2.34. The molecule has 7 heteroatoms. The molecule has 1 rings (SSSR count). The Morgan fingerprint density at radius 1 is 1.25 bits per heavy atom. The zero-order chi connectivity index (χ0) is 15.2. The van der Waals surface area contributed by atoms with Gasteiger partial charge in [-0.15, -0.1) is 0 Å². The number of amides is 1. The molecule has 1 aromatic rings. The highest BCUT2D eigenvalue weighted by Gasteiger charge is 2.17. The fraction of sp³-hybridized carbons (Fsp3) is 0.462. The van der Waals surface area contributed by atoms with E-state index in [0.29, 0.717) is 5.69 Å². The van der Waals surface area contributed by atoms with Gasteiger partial charge in [0.05, 0.1) is 5.69 Å². The maximum absolute atomic E-state index is 12.1. The molecular weight excluding hydrogens is 278 g/mol. The lowest BCUT2D eigenvalue weighted by atomic mass is 10.3. The standard InChI is InChI=1S/C13H21N3O3S/c1-10(2)16-13(17)8-9-15-20(18,19)12-7-5-4-6-11(12)14-3/h4-7,10,14-15H,8-9H2,1-3H3,(H,16,17). The van der Waals surface area contributed by atoms with Gasteiger partial charge in [0.2, 0.25) is 15.9 Å². The van der Waals surface area contributed by atoms with Crippen LogP contribution in [0.25, 0.3) is 0 Å². The average Bonchev–Trinajstić information content (AvgIpc) is 2.37. The minimum Gasteiger partial charge on any atom is -0.387 e. The summed E-state index contributed by atoms with van der Waals surface area (Å²) in [6, 6.07) is 6.65. The number of carbonyl (C=O) groups excluding carboxylic acids is 1. The van der Waals surface area contributed by atoms with Gasteiger partial charge < -0.3 is 10.6 Å². The smallest absolute Gasteiger partial charge is 0.242 e. The number of hydrogen-bond acceptors (Lipinski definition) is 4. The van der Waals surface area contributed by atoms with E-state index >= 15 is 0 Å². The van der Waals surface area contributed by atoms with Crippen LogP contribution < -0.4 is 15.4 Å². The Kier molecular flexibility index (Phi) is 5.97. The molecule has 0 unspecified atom stereocenters. The maximum atomic E-state index is 12.1. The van der Waals surface area contributed by atoms with Crippen LogP contribution in [0.1, 0.15) is 20.3 Å². The molecule has 0 spiro atoms. The summed E-state index contributed by atoms with van der Waals surface area (Å²) in [5.74, 6) is -0.176. The number of carbonyl (C=O) groups is 1. The Morgan fingerprint density at radius 2 is 1.90 bits per heavy atom. The molecule has 0 aliphatic carbocycles. The van der Waals surface area contributed by atoms with Crippen LogP contribution in [-0.4, -0.2) is 34.0 Å². The van der Waals surface area contributed by atoms with Gasteiger partial charge in [-0.25, -0.2) is 13.1 Å². The van der Waals surface area contributed by atoms with Crippen molar-refractivity contribution in [2.75, 3.05) is 18.9 Å². The fourth-order valence-corrected chi connectivity index (χ4v) is 2.92. The third kappa shape index (κ3) is 4.82. The second kappa shape index (κ2) is 7.25. The summed E-state index contributed by atoms with van der Waals surface area (Å²) in [6.45, 7) is 3.77. The number of hydrogen-bond donors (Lipinski definition) is 3. The number of sulfonamides is 1. The maximum Gasteiger partial charge on any atom is 0.242 e. The zero-order valence-corrected chi connectivity index (χ0v) is 12.8. The van der Waals surface area contributed by atoms with Crippen molar-refractivity contribution in [3.8, 4) is 0 Å². The molecule has 0 saturated carbocycles. The van der Waals surface area contributed by atoms with Crippen molar-refractivity contribution >= 4 is 21.6 Å². The molecule has 0 atom stereocenters. The Morgan fingerprint density at radius 3 is 2.50 bits per heavy atom. The first kappa shape index (κ1) is 16.5. The largest absolute Gasteiger partial charge is 0.387 e. The number of benzene rings is 1. The van der Waals surface area contributed by atoms with Crippen LogP contribution in [-0.2, 0) is 14.8 Å². The molecule has 6 nitrogen and oxygen atoms in total. The summed E-state index contributed by atoms with van der Waals surface area (Å²) in [7, 11) is -1.96. The number of para-hydroxylation sites is 1. The normalized spacial score (nSPS) is 11.4. The van der Waals surface area contributed by atoms with E-state index in [9.17, 15) is 13.2 Å². The van der Waals surface area contributed by atoms with Crippen molar-refractivity contribution in [1.82, 2.24) is 10.0 Å². The minimum atomic E-state index is -3.62. The molecule has 1 amide bonds. The van der Waals surface area contributed by atoms with Gasteiger partial charge in [0.1, 0.15) is 4.90 Å². The molecule has 112 valence electrons. The van der Waals surface area contributed by atoms with E-state index in [0.717, 1.165) is 0 Å². The molecular formula is C13H21N3O3S. The van der Waals surface area contributed by atoms with E-state index < -0.39 is 10.0 Å². The van der Waals surface area contributed by atoms with Crippen molar-refractivity contribution in [3.05, 3.63) is 24.3 Å². The molecule has 0 aliphatic heterocycles. The molecule has 0 heterocycles. The number of anilines is 1. The lowest BCUT2D eigenvalue weighted by molar-refractivity contribution is -0.121. The van der Waals surface area contributed by atoms with Crippen LogP contribution in [0.15, 0.2) is 29.2 Å². The Labute approximate surface area is 120 Å². The second-order valence-electron chi connectivity index (χ2n) is 4.62. The highest BCUT2D eigenvalue weighted by atomic mass is 32.2. The van der Waals surface area contributed by atoms with Crippen molar-refractivity contribution in [1.29, 1.82) is 0 Å². The average molecular weight is 299 g/mol. The Hall–Kier alpha value is -1.60. The Balaban J connectivity index is 2.65. The first-order valence-corrected chi connectivity index (χ1v) is 7.91. The summed E-state index contributed by atoms with van der Waals surface area (Å²) in [4.78, 5) is 11.6.